The van der Waals surface area contributed by atoms with Crippen LogP contribution in [0.15, 0.2) is 5.38 Å². The topological polar surface area (TPSA) is 29.3 Å². The van der Waals surface area contributed by atoms with E-state index in [4.69, 9.17) is 4.98 Å². The van der Waals surface area contributed by atoms with E-state index in [-0.39, 0.29) is 5.54 Å². The van der Waals surface area contributed by atoms with Gasteiger partial charge < -0.3 is 5.32 Å². The summed E-state index contributed by atoms with van der Waals surface area (Å²) in [5.74, 6) is 0.652. The van der Waals surface area contributed by atoms with Gasteiger partial charge in [-0.15, -0.1) is 11.3 Å². The smallest absolute Gasteiger partial charge is 0.194 e. The minimum absolute atomic E-state index is 0.259. The lowest BCUT2D eigenvalue weighted by Crippen LogP contribution is -2.47. The summed E-state index contributed by atoms with van der Waals surface area (Å²) < 4.78 is 2.35. The molecule has 0 amide bonds. The van der Waals surface area contributed by atoms with E-state index in [0.29, 0.717) is 5.92 Å². The molecule has 2 aromatic heterocycles. The molecule has 3 heterocycles. The van der Waals surface area contributed by atoms with Gasteiger partial charge in [0.05, 0.1) is 5.69 Å². The van der Waals surface area contributed by atoms with Crippen molar-refractivity contribution in [2.45, 2.75) is 52.5 Å². The molecule has 1 atom stereocenters. The first-order valence-corrected chi connectivity index (χ1v) is 8.08. The molecule has 104 valence electrons. The molecule has 1 N–H and O–H groups in total. The highest BCUT2D eigenvalue weighted by atomic mass is 32.1. The van der Waals surface area contributed by atoms with E-state index in [9.17, 15) is 0 Å². The molecule has 1 saturated heterocycles. The highest BCUT2D eigenvalue weighted by Crippen LogP contribution is 2.33. The van der Waals surface area contributed by atoms with Crippen LogP contribution in [0.3, 0.4) is 0 Å². The lowest BCUT2D eigenvalue weighted by atomic mass is 9.80. The summed E-state index contributed by atoms with van der Waals surface area (Å²) in [4.78, 5) is 5.86. The van der Waals surface area contributed by atoms with Crippen molar-refractivity contribution in [1.82, 2.24) is 14.7 Å². The standard InChI is InChI=1S/C15H23N3S/c1-10(2)15(6-5-7-16-15)8-13-12(4)17-14-18(13)11(3)9-19-14/h9-10,16H,5-8H2,1-4H3. The number of hydrogen-bond acceptors (Lipinski definition) is 3. The Hall–Kier alpha value is -0.870. The Balaban J connectivity index is 2.04. The number of nitrogens with zero attached hydrogens (tertiary/aromatic N) is 2. The number of imidazole rings is 1. The third-order valence-corrected chi connectivity index (χ3v) is 5.64. The monoisotopic (exact) mass is 277 g/mol. The zero-order chi connectivity index (χ0) is 13.6. The first-order valence-electron chi connectivity index (χ1n) is 7.20. The number of aromatic nitrogens is 2. The van der Waals surface area contributed by atoms with E-state index < -0.39 is 0 Å². The second-order valence-corrected chi connectivity index (χ2v) is 6.99. The lowest BCUT2D eigenvalue weighted by molar-refractivity contribution is 0.266. The Morgan fingerprint density at radius 1 is 1.47 bits per heavy atom. The molecule has 2 aromatic rings. The van der Waals surface area contributed by atoms with Gasteiger partial charge in [0.15, 0.2) is 4.96 Å². The van der Waals surface area contributed by atoms with Gasteiger partial charge in [-0.2, -0.15) is 0 Å². The average molecular weight is 277 g/mol. The van der Waals surface area contributed by atoms with E-state index in [1.165, 1.54) is 29.9 Å². The van der Waals surface area contributed by atoms with Crippen LogP contribution in [0.4, 0.5) is 0 Å². The summed E-state index contributed by atoms with van der Waals surface area (Å²) in [5.41, 5.74) is 4.17. The molecule has 1 aliphatic heterocycles. The zero-order valence-electron chi connectivity index (χ0n) is 12.3. The van der Waals surface area contributed by atoms with E-state index in [2.05, 4.69) is 42.8 Å². The van der Waals surface area contributed by atoms with Crippen LogP contribution in [0, 0.1) is 19.8 Å². The van der Waals surface area contributed by atoms with Gasteiger partial charge in [0, 0.05) is 28.7 Å². The summed E-state index contributed by atoms with van der Waals surface area (Å²) >= 11 is 1.75. The third-order valence-electron chi connectivity index (χ3n) is 4.69. The van der Waals surface area contributed by atoms with Crippen LogP contribution in [-0.2, 0) is 6.42 Å². The van der Waals surface area contributed by atoms with Crippen molar-refractivity contribution in [2.24, 2.45) is 5.92 Å². The zero-order valence-corrected chi connectivity index (χ0v) is 13.1. The largest absolute Gasteiger partial charge is 0.311 e. The molecular weight excluding hydrogens is 254 g/mol. The summed E-state index contributed by atoms with van der Waals surface area (Å²) in [7, 11) is 0. The Labute approximate surface area is 119 Å². The minimum atomic E-state index is 0.259. The van der Waals surface area contributed by atoms with Gasteiger partial charge in [-0.05, 0) is 39.2 Å². The molecule has 3 rings (SSSR count). The minimum Gasteiger partial charge on any atom is -0.311 e. The van der Waals surface area contributed by atoms with Gasteiger partial charge in [-0.3, -0.25) is 4.40 Å². The Kier molecular flexibility index (Phi) is 3.18. The molecule has 0 aromatic carbocycles. The molecule has 1 fully saturated rings. The Morgan fingerprint density at radius 3 is 2.89 bits per heavy atom. The normalized spacial score (nSPS) is 23.8. The summed E-state index contributed by atoms with van der Waals surface area (Å²) in [6.07, 6.45) is 3.66. The van der Waals surface area contributed by atoms with Gasteiger partial charge in [0.25, 0.3) is 0 Å². The van der Waals surface area contributed by atoms with Crippen molar-refractivity contribution in [1.29, 1.82) is 0 Å². The van der Waals surface area contributed by atoms with Gasteiger partial charge in [0.2, 0.25) is 0 Å². The predicted molar refractivity (Wildman–Crippen MR) is 81.1 cm³/mol. The molecule has 0 spiro atoms. The van der Waals surface area contributed by atoms with Crippen LogP contribution < -0.4 is 5.32 Å². The number of nitrogens with one attached hydrogen (secondary N) is 1. The first kappa shape index (κ1) is 13.1. The molecule has 1 unspecified atom stereocenters. The molecule has 0 radical (unpaired) electrons. The van der Waals surface area contributed by atoms with Crippen molar-refractivity contribution in [2.75, 3.05) is 6.54 Å². The van der Waals surface area contributed by atoms with Crippen LogP contribution >= 0.6 is 11.3 Å². The van der Waals surface area contributed by atoms with E-state index >= 15 is 0 Å². The Morgan fingerprint density at radius 2 is 2.26 bits per heavy atom. The predicted octanol–water partition coefficient (Wildman–Crippen LogP) is 3.33. The molecule has 4 heteroatoms. The number of rotatable bonds is 3. The molecule has 0 bridgehead atoms. The number of thiazole rings is 1. The van der Waals surface area contributed by atoms with Crippen molar-refractivity contribution in [3.63, 3.8) is 0 Å². The first-order chi connectivity index (χ1) is 9.03. The quantitative estimate of drug-likeness (QED) is 0.932. The average Bonchev–Trinajstić information content (AvgIpc) is 3.02. The van der Waals surface area contributed by atoms with Gasteiger partial charge in [-0.25, -0.2) is 4.98 Å². The van der Waals surface area contributed by atoms with Crippen molar-refractivity contribution in [3.8, 4) is 0 Å². The maximum absolute atomic E-state index is 4.72. The number of aryl methyl sites for hydroxylation is 2. The van der Waals surface area contributed by atoms with E-state index in [0.717, 1.165) is 17.9 Å². The molecule has 0 saturated carbocycles. The summed E-state index contributed by atoms with van der Waals surface area (Å²) in [5, 5.41) is 5.98. The third kappa shape index (κ3) is 2.01. The maximum atomic E-state index is 4.72. The SMILES string of the molecule is Cc1nc2scc(C)n2c1CC1(C(C)C)CCCN1. The van der Waals surface area contributed by atoms with Crippen LogP contribution in [0.25, 0.3) is 4.96 Å². The number of hydrogen-bond donors (Lipinski definition) is 1. The van der Waals surface area contributed by atoms with Crippen LogP contribution in [-0.4, -0.2) is 21.5 Å². The van der Waals surface area contributed by atoms with Gasteiger partial charge in [-0.1, -0.05) is 13.8 Å². The fourth-order valence-electron chi connectivity index (χ4n) is 3.35. The van der Waals surface area contributed by atoms with Gasteiger partial charge >= 0.3 is 0 Å². The van der Waals surface area contributed by atoms with Crippen molar-refractivity contribution >= 4 is 16.3 Å². The van der Waals surface area contributed by atoms with Crippen LogP contribution in [0.1, 0.15) is 43.8 Å². The second-order valence-electron chi connectivity index (χ2n) is 6.16. The summed E-state index contributed by atoms with van der Waals surface area (Å²) in [6.45, 7) is 10.2. The molecule has 19 heavy (non-hydrogen) atoms. The second kappa shape index (κ2) is 4.60. The maximum Gasteiger partial charge on any atom is 0.194 e. The fourth-order valence-corrected chi connectivity index (χ4v) is 4.28. The molecule has 0 aliphatic carbocycles. The number of fused-ring (bicyclic) bond motifs is 1. The van der Waals surface area contributed by atoms with Crippen LogP contribution in [0.2, 0.25) is 0 Å². The van der Waals surface area contributed by atoms with Crippen molar-refractivity contribution < 1.29 is 0 Å². The molecular formula is C15H23N3S. The van der Waals surface area contributed by atoms with E-state index in [1.807, 2.05) is 0 Å². The Bertz CT molecular complexity index is 588. The fraction of sp³-hybridized carbons (Fsp3) is 0.667. The highest BCUT2D eigenvalue weighted by Gasteiger charge is 2.38. The molecule has 1 aliphatic rings. The van der Waals surface area contributed by atoms with E-state index in [1.54, 1.807) is 11.3 Å². The summed E-state index contributed by atoms with van der Waals surface area (Å²) in [6, 6.07) is 0. The van der Waals surface area contributed by atoms with Crippen molar-refractivity contribution in [3.05, 3.63) is 22.5 Å². The molecule has 3 nitrogen and oxygen atoms in total. The lowest BCUT2D eigenvalue weighted by Gasteiger charge is -2.34. The van der Waals surface area contributed by atoms with Gasteiger partial charge in [0.1, 0.15) is 0 Å². The van der Waals surface area contributed by atoms with Crippen LogP contribution in [0.5, 0.6) is 0 Å². The highest BCUT2D eigenvalue weighted by molar-refractivity contribution is 7.15.